The number of carboxylic acids is 1. The molecule has 0 bridgehead atoms. The van der Waals surface area contributed by atoms with Crippen LogP contribution in [-0.4, -0.2) is 29.1 Å². The van der Waals surface area contributed by atoms with Crippen molar-refractivity contribution in [3.05, 3.63) is 23.7 Å². The molecule has 0 unspecified atom stereocenters. The first-order valence-electron chi connectivity index (χ1n) is 6.21. The van der Waals surface area contributed by atoms with E-state index in [4.69, 9.17) is 9.52 Å². The van der Waals surface area contributed by atoms with Crippen molar-refractivity contribution in [2.75, 3.05) is 13.1 Å². The summed E-state index contributed by atoms with van der Waals surface area (Å²) < 4.78 is 5.65. The third-order valence-electron chi connectivity index (χ3n) is 3.38. The molecule has 1 aromatic heterocycles. The Morgan fingerprint density at radius 2 is 2.06 bits per heavy atom. The van der Waals surface area contributed by atoms with Crippen molar-refractivity contribution in [2.24, 2.45) is 5.92 Å². The van der Waals surface area contributed by atoms with E-state index in [1.807, 2.05) is 12.1 Å². The van der Waals surface area contributed by atoms with Crippen molar-refractivity contribution in [2.45, 2.75) is 32.7 Å². The van der Waals surface area contributed by atoms with Gasteiger partial charge >= 0.3 is 5.97 Å². The molecule has 4 heteroatoms. The Labute approximate surface area is 101 Å². The number of hydrogen-bond acceptors (Lipinski definition) is 3. The van der Waals surface area contributed by atoms with Gasteiger partial charge in [-0.2, -0.15) is 0 Å². The number of piperidine rings is 1. The van der Waals surface area contributed by atoms with E-state index in [0.29, 0.717) is 0 Å². The van der Waals surface area contributed by atoms with Gasteiger partial charge in [-0.15, -0.1) is 0 Å². The van der Waals surface area contributed by atoms with Crippen LogP contribution in [0.2, 0.25) is 0 Å². The van der Waals surface area contributed by atoms with Crippen LogP contribution in [0.5, 0.6) is 0 Å². The maximum absolute atomic E-state index is 10.8. The van der Waals surface area contributed by atoms with Gasteiger partial charge in [-0.3, -0.25) is 9.69 Å². The SMILES string of the molecule is CCc1ccc(CN2CCC(C(=O)O)CC2)o1. The van der Waals surface area contributed by atoms with Gasteiger partial charge in [0.2, 0.25) is 0 Å². The minimum atomic E-state index is -0.657. The molecule has 2 rings (SSSR count). The minimum Gasteiger partial charge on any atom is -0.481 e. The molecule has 1 aliphatic rings. The maximum atomic E-state index is 10.8. The molecular formula is C13H19NO3. The summed E-state index contributed by atoms with van der Waals surface area (Å²) >= 11 is 0. The maximum Gasteiger partial charge on any atom is 0.306 e. The summed E-state index contributed by atoms with van der Waals surface area (Å²) in [5, 5.41) is 8.91. The molecule has 1 aliphatic heterocycles. The largest absolute Gasteiger partial charge is 0.481 e. The summed E-state index contributed by atoms with van der Waals surface area (Å²) in [6.07, 6.45) is 2.41. The Bertz CT molecular complexity index is 378. The zero-order chi connectivity index (χ0) is 12.3. The molecule has 94 valence electrons. The molecule has 0 aromatic carbocycles. The van der Waals surface area contributed by atoms with Crippen LogP contribution in [0.25, 0.3) is 0 Å². The highest BCUT2D eigenvalue weighted by atomic mass is 16.4. The molecule has 0 amide bonds. The second kappa shape index (κ2) is 5.36. The monoisotopic (exact) mass is 237 g/mol. The Morgan fingerprint density at radius 3 is 2.59 bits per heavy atom. The smallest absolute Gasteiger partial charge is 0.306 e. The van der Waals surface area contributed by atoms with Crippen molar-refractivity contribution >= 4 is 5.97 Å². The lowest BCUT2D eigenvalue weighted by Gasteiger charge is -2.29. The molecule has 1 aromatic rings. The summed E-state index contributed by atoms with van der Waals surface area (Å²) in [7, 11) is 0. The van der Waals surface area contributed by atoms with Gasteiger partial charge in [0, 0.05) is 6.42 Å². The molecule has 0 radical (unpaired) electrons. The third kappa shape index (κ3) is 3.09. The van der Waals surface area contributed by atoms with Crippen molar-refractivity contribution < 1.29 is 14.3 Å². The summed E-state index contributed by atoms with van der Waals surface area (Å²) in [4.78, 5) is 13.1. The standard InChI is InChI=1S/C13H19NO3/c1-2-11-3-4-12(17-11)9-14-7-5-10(6-8-14)13(15)16/h3-4,10H,2,5-9H2,1H3,(H,15,16). The number of carboxylic acid groups (broad SMARTS) is 1. The van der Waals surface area contributed by atoms with E-state index < -0.39 is 5.97 Å². The summed E-state index contributed by atoms with van der Waals surface area (Å²) in [5.74, 6) is 1.18. The molecule has 1 N–H and O–H groups in total. The van der Waals surface area contributed by atoms with E-state index in [0.717, 1.165) is 50.4 Å². The summed E-state index contributed by atoms with van der Waals surface area (Å²) in [5.41, 5.74) is 0. The van der Waals surface area contributed by atoms with E-state index in [1.165, 1.54) is 0 Å². The Morgan fingerprint density at radius 1 is 1.41 bits per heavy atom. The van der Waals surface area contributed by atoms with Gasteiger partial charge in [-0.25, -0.2) is 0 Å². The third-order valence-corrected chi connectivity index (χ3v) is 3.38. The molecule has 0 saturated carbocycles. The van der Waals surface area contributed by atoms with Crippen LogP contribution in [0.3, 0.4) is 0 Å². The van der Waals surface area contributed by atoms with Crippen LogP contribution in [0, 0.1) is 5.92 Å². The number of nitrogens with zero attached hydrogens (tertiary/aromatic N) is 1. The molecule has 4 nitrogen and oxygen atoms in total. The fourth-order valence-corrected chi connectivity index (χ4v) is 2.26. The summed E-state index contributed by atoms with van der Waals surface area (Å²) in [6, 6.07) is 4.03. The highest BCUT2D eigenvalue weighted by Crippen LogP contribution is 2.20. The highest BCUT2D eigenvalue weighted by molar-refractivity contribution is 5.70. The number of aryl methyl sites for hydroxylation is 1. The van der Waals surface area contributed by atoms with Gasteiger partial charge in [0.05, 0.1) is 12.5 Å². The molecule has 1 fully saturated rings. The number of aliphatic carboxylic acids is 1. The lowest BCUT2D eigenvalue weighted by molar-refractivity contribution is -0.143. The zero-order valence-corrected chi connectivity index (χ0v) is 10.2. The van der Waals surface area contributed by atoms with Crippen LogP contribution < -0.4 is 0 Å². The summed E-state index contributed by atoms with van der Waals surface area (Å²) in [6.45, 7) is 4.56. The molecular weight excluding hydrogens is 218 g/mol. The van der Waals surface area contributed by atoms with Gasteiger partial charge in [0.1, 0.15) is 11.5 Å². The van der Waals surface area contributed by atoms with Gasteiger partial charge in [-0.05, 0) is 38.1 Å². The van der Waals surface area contributed by atoms with E-state index in [-0.39, 0.29) is 5.92 Å². The van der Waals surface area contributed by atoms with Crippen molar-refractivity contribution in [1.82, 2.24) is 4.90 Å². The average Bonchev–Trinajstić information content (AvgIpc) is 2.77. The van der Waals surface area contributed by atoms with E-state index in [2.05, 4.69) is 11.8 Å². The van der Waals surface area contributed by atoms with Crippen LogP contribution in [0.4, 0.5) is 0 Å². The fourth-order valence-electron chi connectivity index (χ4n) is 2.26. The Hall–Kier alpha value is -1.29. The number of rotatable bonds is 4. The molecule has 0 aliphatic carbocycles. The topological polar surface area (TPSA) is 53.7 Å². The first-order chi connectivity index (χ1) is 8.19. The molecule has 17 heavy (non-hydrogen) atoms. The predicted octanol–water partition coefficient (Wildman–Crippen LogP) is 2.14. The van der Waals surface area contributed by atoms with Crippen molar-refractivity contribution in [3.8, 4) is 0 Å². The number of carbonyl (C=O) groups is 1. The lowest BCUT2D eigenvalue weighted by Crippen LogP contribution is -2.35. The number of furan rings is 1. The molecule has 0 atom stereocenters. The second-order valence-corrected chi connectivity index (χ2v) is 4.61. The van der Waals surface area contributed by atoms with E-state index in [9.17, 15) is 4.79 Å². The van der Waals surface area contributed by atoms with Crippen molar-refractivity contribution in [1.29, 1.82) is 0 Å². The fraction of sp³-hybridized carbons (Fsp3) is 0.615. The van der Waals surface area contributed by atoms with E-state index in [1.54, 1.807) is 0 Å². The van der Waals surface area contributed by atoms with Gasteiger partial charge < -0.3 is 9.52 Å². The second-order valence-electron chi connectivity index (χ2n) is 4.61. The molecule has 2 heterocycles. The Kier molecular flexibility index (Phi) is 3.84. The number of hydrogen-bond donors (Lipinski definition) is 1. The quantitative estimate of drug-likeness (QED) is 0.871. The Balaban J connectivity index is 1.83. The van der Waals surface area contributed by atoms with Crippen LogP contribution >= 0.6 is 0 Å². The molecule has 1 saturated heterocycles. The van der Waals surface area contributed by atoms with Crippen LogP contribution in [0.15, 0.2) is 16.5 Å². The van der Waals surface area contributed by atoms with Crippen LogP contribution in [0.1, 0.15) is 31.3 Å². The number of likely N-dealkylation sites (tertiary alicyclic amines) is 1. The van der Waals surface area contributed by atoms with E-state index >= 15 is 0 Å². The lowest BCUT2D eigenvalue weighted by atomic mass is 9.97. The highest BCUT2D eigenvalue weighted by Gasteiger charge is 2.24. The van der Waals surface area contributed by atoms with Crippen molar-refractivity contribution in [3.63, 3.8) is 0 Å². The molecule has 0 spiro atoms. The van der Waals surface area contributed by atoms with Gasteiger partial charge in [0.25, 0.3) is 0 Å². The first-order valence-corrected chi connectivity index (χ1v) is 6.21. The predicted molar refractivity (Wildman–Crippen MR) is 63.7 cm³/mol. The van der Waals surface area contributed by atoms with Crippen LogP contribution in [-0.2, 0) is 17.8 Å². The minimum absolute atomic E-state index is 0.158. The average molecular weight is 237 g/mol. The van der Waals surface area contributed by atoms with Gasteiger partial charge in [0.15, 0.2) is 0 Å². The normalized spacial score (nSPS) is 18.4. The van der Waals surface area contributed by atoms with Gasteiger partial charge in [-0.1, -0.05) is 6.92 Å². The zero-order valence-electron chi connectivity index (χ0n) is 10.2. The first kappa shape index (κ1) is 12.2.